The molecule has 2 heterocycles. The normalized spacial score (nSPS) is 27.2. The van der Waals surface area contributed by atoms with Crippen molar-refractivity contribution < 1.29 is 19.4 Å². The maximum atomic E-state index is 12.5. The SMILES string of the molecule is CC1(C)COCCN1C(=O)N1CCC[C@@H](C(=O)O)C1. The molecule has 0 spiro atoms. The number of ether oxygens (including phenoxy) is 1. The van der Waals surface area contributed by atoms with Crippen LogP contribution in [0.4, 0.5) is 4.79 Å². The summed E-state index contributed by atoms with van der Waals surface area (Å²) in [6.45, 7) is 6.56. The van der Waals surface area contributed by atoms with Gasteiger partial charge >= 0.3 is 12.0 Å². The highest BCUT2D eigenvalue weighted by molar-refractivity contribution is 5.77. The summed E-state index contributed by atoms with van der Waals surface area (Å²) in [4.78, 5) is 27.1. The number of morpholine rings is 1. The Morgan fingerprint density at radius 3 is 2.68 bits per heavy atom. The van der Waals surface area contributed by atoms with Gasteiger partial charge in [0.15, 0.2) is 0 Å². The van der Waals surface area contributed by atoms with Gasteiger partial charge in [0.25, 0.3) is 0 Å². The van der Waals surface area contributed by atoms with E-state index in [1.54, 1.807) is 9.80 Å². The van der Waals surface area contributed by atoms with Crippen LogP contribution in [0.25, 0.3) is 0 Å². The summed E-state index contributed by atoms with van der Waals surface area (Å²) >= 11 is 0. The predicted molar refractivity (Wildman–Crippen MR) is 68.9 cm³/mol. The smallest absolute Gasteiger partial charge is 0.320 e. The van der Waals surface area contributed by atoms with Gasteiger partial charge in [-0.15, -0.1) is 0 Å². The zero-order chi connectivity index (χ0) is 14.0. The van der Waals surface area contributed by atoms with Gasteiger partial charge in [-0.05, 0) is 26.7 Å². The van der Waals surface area contributed by atoms with Crippen LogP contribution in [0.1, 0.15) is 26.7 Å². The number of carbonyl (C=O) groups excluding carboxylic acids is 1. The summed E-state index contributed by atoms with van der Waals surface area (Å²) in [5.74, 6) is -1.24. The van der Waals surface area contributed by atoms with Crippen molar-refractivity contribution in [3.63, 3.8) is 0 Å². The van der Waals surface area contributed by atoms with Crippen molar-refractivity contribution in [2.24, 2.45) is 5.92 Å². The summed E-state index contributed by atoms with van der Waals surface area (Å²) < 4.78 is 5.41. The van der Waals surface area contributed by atoms with Crippen molar-refractivity contribution in [3.05, 3.63) is 0 Å². The topological polar surface area (TPSA) is 70.1 Å². The van der Waals surface area contributed by atoms with Gasteiger partial charge in [0.05, 0.1) is 24.7 Å². The van der Waals surface area contributed by atoms with Crippen molar-refractivity contribution in [2.75, 3.05) is 32.8 Å². The molecule has 2 saturated heterocycles. The third-order valence-corrected chi connectivity index (χ3v) is 3.92. The molecular formula is C13H22N2O4. The molecule has 0 aromatic carbocycles. The number of rotatable bonds is 1. The number of likely N-dealkylation sites (tertiary alicyclic amines) is 1. The average molecular weight is 270 g/mol. The quantitative estimate of drug-likeness (QED) is 0.772. The molecule has 2 fully saturated rings. The minimum atomic E-state index is -0.807. The second kappa shape index (κ2) is 5.36. The average Bonchev–Trinajstić information content (AvgIpc) is 2.37. The number of hydrogen-bond donors (Lipinski definition) is 1. The third kappa shape index (κ3) is 3.00. The Balaban J connectivity index is 2.04. The molecule has 0 bridgehead atoms. The number of amides is 2. The van der Waals surface area contributed by atoms with E-state index < -0.39 is 11.9 Å². The van der Waals surface area contributed by atoms with E-state index >= 15 is 0 Å². The summed E-state index contributed by atoms with van der Waals surface area (Å²) in [6.07, 6.45) is 1.42. The van der Waals surface area contributed by atoms with E-state index in [4.69, 9.17) is 9.84 Å². The fourth-order valence-corrected chi connectivity index (χ4v) is 2.74. The van der Waals surface area contributed by atoms with Crippen LogP contribution in [0.3, 0.4) is 0 Å². The molecule has 1 atom stereocenters. The van der Waals surface area contributed by atoms with Crippen molar-refractivity contribution >= 4 is 12.0 Å². The fraction of sp³-hybridized carbons (Fsp3) is 0.846. The zero-order valence-electron chi connectivity index (χ0n) is 11.6. The molecule has 19 heavy (non-hydrogen) atoms. The molecule has 2 amide bonds. The molecule has 2 aliphatic heterocycles. The summed E-state index contributed by atoms with van der Waals surface area (Å²) in [6, 6.07) is -0.0562. The van der Waals surface area contributed by atoms with E-state index in [-0.39, 0.29) is 11.6 Å². The Kier molecular flexibility index (Phi) is 3.99. The molecule has 6 heteroatoms. The van der Waals surface area contributed by atoms with Crippen LogP contribution < -0.4 is 0 Å². The van der Waals surface area contributed by atoms with Crippen molar-refractivity contribution in [1.82, 2.24) is 9.80 Å². The van der Waals surface area contributed by atoms with Crippen molar-refractivity contribution in [1.29, 1.82) is 0 Å². The molecule has 0 aromatic rings. The number of carboxylic acids is 1. The van der Waals surface area contributed by atoms with Crippen LogP contribution in [0.5, 0.6) is 0 Å². The second-order valence-corrected chi connectivity index (χ2v) is 5.92. The van der Waals surface area contributed by atoms with Crippen LogP contribution in [-0.2, 0) is 9.53 Å². The number of carboxylic acid groups (broad SMARTS) is 1. The highest BCUT2D eigenvalue weighted by atomic mass is 16.5. The third-order valence-electron chi connectivity index (χ3n) is 3.92. The highest BCUT2D eigenvalue weighted by Crippen LogP contribution is 2.24. The number of piperidine rings is 1. The lowest BCUT2D eigenvalue weighted by molar-refractivity contribution is -0.143. The first-order valence-electron chi connectivity index (χ1n) is 6.79. The molecule has 108 valence electrons. The van der Waals surface area contributed by atoms with Gasteiger partial charge in [0.2, 0.25) is 0 Å². The minimum absolute atomic E-state index is 0.0562. The number of urea groups is 1. The predicted octanol–water partition coefficient (Wildman–Crippen LogP) is 1.01. The lowest BCUT2D eigenvalue weighted by atomic mass is 9.98. The van der Waals surface area contributed by atoms with Gasteiger partial charge in [0.1, 0.15) is 0 Å². The van der Waals surface area contributed by atoms with Crippen LogP contribution in [0.15, 0.2) is 0 Å². The Morgan fingerprint density at radius 1 is 1.32 bits per heavy atom. The Labute approximate surface area is 113 Å². The number of hydrogen-bond acceptors (Lipinski definition) is 3. The number of aliphatic carboxylic acids is 1. The molecule has 0 radical (unpaired) electrons. The maximum Gasteiger partial charge on any atom is 0.320 e. The summed E-state index contributed by atoms with van der Waals surface area (Å²) in [5, 5.41) is 9.08. The first-order chi connectivity index (χ1) is 8.92. The highest BCUT2D eigenvalue weighted by Gasteiger charge is 2.38. The molecule has 1 N–H and O–H groups in total. The molecule has 0 unspecified atom stereocenters. The Bertz CT molecular complexity index is 370. The van der Waals surface area contributed by atoms with Gasteiger partial charge in [-0.1, -0.05) is 0 Å². The van der Waals surface area contributed by atoms with Gasteiger partial charge in [-0.2, -0.15) is 0 Å². The standard InChI is InChI=1S/C13H22N2O4/c1-13(2)9-19-7-6-15(13)12(18)14-5-3-4-10(8-14)11(16)17/h10H,3-9H2,1-2H3,(H,16,17)/t10-/m1/s1. The lowest BCUT2D eigenvalue weighted by Crippen LogP contribution is -2.60. The zero-order valence-corrected chi connectivity index (χ0v) is 11.6. The molecule has 2 rings (SSSR count). The van der Waals surface area contributed by atoms with E-state index in [1.807, 2.05) is 13.8 Å². The molecule has 0 saturated carbocycles. The fourth-order valence-electron chi connectivity index (χ4n) is 2.74. The molecule has 6 nitrogen and oxygen atoms in total. The lowest BCUT2D eigenvalue weighted by Gasteiger charge is -2.45. The van der Waals surface area contributed by atoms with E-state index in [0.29, 0.717) is 39.3 Å². The Morgan fingerprint density at radius 2 is 2.05 bits per heavy atom. The van der Waals surface area contributed by atoms with E-state index in [1.165, 1.54) is 0 Å². The van der Waals surface area contributed by atoms with Crippen LogP contribution in [-0.4, -0.2) is 65.3 Å². The van der Waals surface area contributed by atoms with Crippen LogP contribution in [0, 0.1) is 5.92 Å². The van der Waals surface area contributed by atoms with Crippen molar-refractivity contribution in [2.45, 2.75) is 32.2 Å². The Hall–Kier alpha value is -1.30. The summed E-state index contributed by atoms with van der Waals surface area (Å²) in [5.41, 5.74) is -0.328. The first kappa shape index (κ1) is 14.1. The van der Waals surface area contributed by atoms with Gasteiger partial charge < -0.3 is 19.6 Å². The molecule has 2 aliphatic rings. The van der Waals surface area contributed by atoms with E-state index in [9.17, 15) is 9.59 Å². The monoisotopic (exact) mass is 270 g/mol. The van der Waals surface area contributed by atoms with E-state index in [2.05, 4.69) is 0 Å². The minimum Gasteiger partial charge on any atom is -0.481 e. The second-order valence-electron chi connectivity index (χ2n) is 5.92. The van der Waals surface area contributed by atoms with Crippen molar-refractivity contribution in [3.8, 4) is 0 Å². The number of carbonyl (C=O) groups is 2. The van der Waals surface area contributed by atoms with Gasteiger partial charge in [-0.3, -0.25) is 4.79 Å². The van der Waals surface area contributed by atoms with E-state index in [0.717, 1.165) is 6.42 Å². The molecule has 0 aliphatic carbocycles. The van der Waals surface area contributed by atoms with Gasteiger partial charge in [-0.25, -0.2) is 4.79 Å². The van der Waals surface area contributed by atoms with Gasteiger partial charge in [0, 0.05) is 19.6 Å². The maximum absolute atomic E-state index is 12.5. The van der Waals surface area contributed by atoms with Crippen LogP contribution >= 0.6 is 0 Å². The molecular weight excluding hydrogens is 248 g/mol. The number of nitrogens with zero attached hydrogens (tertiary/aromatic N) is 2. The van der Waals surface area contributed by atoms with Crippen LogP contribution in [0.2, 0.25) is 0 Å². The first-order valence-corrected chi connectivity index (χ1v) is 6.79. The summed E-state index contributed by atoms with van der Waals surface area (Å²) in [7, 11) is 0. The largest absolute Gasteiger partial charge is 0.481 e. The molecule has 0 aromatic heterocycles.